The highest BCUT2D eigenvalue weighted by atomic mass is 16.5. The molecule has 23 heavy (non-hydrogen) atoms. The first-order chi connectivity index (χ1) is 11.2. The van der Waals surface area contributed by atoms with Crippen molar-refractivity contribution in [3.63, 3.8) is 0 Å². The number of carbonyl (C=O) groups excluding carboxylic acids is 1. The molecule has 7 heteroatoms. The normalized spacial score (nSPS) is 13.6. The average Bonchev–Trinajstić information content (AvgIpc) is 2.95. The first-order valence-electron chi connectivity index (χ1n) is 7.69. The molecule has 1 aliphatic heterocycles. The summed E-state index contributed by atoms with van der Waals surface area (Å²) in [6.45, 7) is 3.59. The van der Waals surface area contributed by atoms with E-state index >= 15 is 0 Å². The predicted octanol–water partition coefficient (Wildman–Crippen LogP) is 1.18. The second kappa shape index (κ2) is 6.68. The summed E-state index contributed by atoms with van der Waals surface area (Å²) in [6, 6.07) is 7.36. The standard InChI is InChI=1S/C16H20N4O3/c1-3-22-14-6-4-5-7-15(14)23-11-16(21)20-9-8-13-12(10-20)17-18-19(13)2/h4-7H,3,8-11H2,1-2H3. The van der Waals surface area contributed by atoms with Gasteiger partial charge in [0.15, 0.2) is 18.1 Å². The van der Waals surface area contributed by atoms with Crippen molar-refractivity contribution in [2.45, 2.75) is 19.9 Å². The van der Waals surface area contributed by atoms with Gasteiger partial charge in [0, 0.05) is 20.0 Å². The van der Waals surface area contributed by atoms with Gasteiger partial charge in [-0.3, -0.25) is 9.48 Å². The first kappa shape index (κ1) is 15.3. The smallest absolute Gasteiger partial charge is 0.260 e. The van der Waals surface area contributed by atoms with Crippen LogP contribution in [0.15, 0.2) is 24.3 Å². The van der Waals surface area contributed by atoms with Crippen LogP contribution in [0.4, 0.5) is 0 Å². The number of hydrogen-bond donors (Lipinski definition) is 0. The fourth-order valence-electron chi connectivity index (χ4n) is 2.64. The lowest BCUT2D eigenvalue weighted by molar-refractivity contribution is -0.134. The fraction of sp³-hybridized carbons (Fsp3) is 0.438. The van der Waals surface area contributed by atoms with Crippen LogP contribution in [0, 0.1) is 0 Å². The predicted molar refractivity (Wildman–Crippen MR) is 83.2 cm³/mol. The van der Waals surface area contributed by atoms with Crippen LogP contribution in [0.2, 0.25) is 0 Å². The van der Waals surface area contributed by atoms with E-state index in [1.165, 1.54) is 0 Å². The van der Waals surface area contributed by atoms with Gasteiger partial charge in [0.05, 0.1) is 18.8 Å². The molecule has 7 nitrogen and oxygen atoms in total. The third kappa shape index (κ3) is 3.28. The molecule has 3 rings (SSSR count). The van der Waals surface area contributed by atoms with Gasteiger partial charge in [-0.15, -0.1) is 5.10 Å². The van der Waals surface area contributed by atoms with Crippen molar-refractivity contribution in [2.24, 2.45) is 7.05 Å². The third-order valence-electron chi connectivity index (χ3n) is 3.84. The topological polar surface area (TPSA) is 69.5 Å². The second-order valence-corrected chi connectivity index (χ2v) is 5.34. The molecule has 0 unspecified atom stereocenters. The summed E-state index contributed by atoms with van der Waals surface area (Å²) >= 11 is 0. The molecule has 0 saturated carbocycles. The Morgan fingerprint density at radius 1 is 1.26 bits per heavy atom. The number of rotatable bonds is 5. The molecule has 2 heterocycles. The number of amides is 1. The minimum Gasteiger partial charge on any atom is -0.490 e. The minimum atomic E-state index is -0.0624. The summed E-state index contributed by atoms with van der Waals surface area (Å²) in [5, 5.41) is 8.10. The number of fused-ring (bicyclic) bond motifs is 1. The van der Waals surface area contributed by atoms with Gasteiger partial charge in [0.1, 0.15) is 5.69 Å². The molecule has 1 aromatic carbocycles. The quantitative estimate of drug-likeness (QED) is 0.828. The summed E-state index contributed by atoms with van der Waals surface area (Å²) < 4.78 is 12.9. The van der Waals surface area contributed by atoms with Crippen LogP contribution in [-0.4, -0.2) is 45.6 Å². The van der Waals surface area contributed by atoms with E-state index in [2.05, 4.69) is 10.3 Å². The van der Waals surface area contributed by atoms with Gasteiger partial charge in [-0.25, -0.2) is 0 Å². The molecule has 122 valence electrons. The number of para-hydroxylation sites is 2. The molecule has 1 aromatic heterocycles. The zero-order valence-electron chi connectivity index (χ0n) is 13.4. The number of aromatic nitrogens is 3. The van der Waals surface area contributed by atoms with E-state index in [1.54, 1.807) is 15.6 Å². The molecular weight excluding hydrogens is 296 g/mol. The molecule has 0 radical (unpaired) electrons. The number of carbonyl (C=O) groups is 1. The molecular formula is C16H20N4O3. The summed E-state index contributed by atoms with van der Waals surface area (Å²) in [4.78, 5) is 14.1. The Bertz CT molecular complexity index is 698. The maximum absolute atomic E-state index is 12.4. The number of hydrogen-bond acceptors (Lipinski definition) is 5. The lowest BCUT2D eigenvalue weighted by atomic mass is 10.1. The van der Waals surface area contributed by atoms with Gasteiger partial charge in [-0.1, -0.05) is 17.3 Å². The molecule has 0 spiro atoms. The molecule has 2 aromatic rings. The lowest BCUT2D eigenvalue weighted by Gasteiger charge is -2.26. The summed E-state index contributed by atoms with van der Waals surface area (Å²) in [5.41, 5.74) is 1.96. The van der Waals surface area contributed by atoms with Crippen LogP contribution in [0.1, 0.15) is 18.3 Å². The van der Waals surface area contributed by atoms with Crippen LogP contribution < -0.4 is 9.47 Å². The van der Waals surface area contributed by atoms with E-state index < -0.39 is 0 Å². The highest BCUT2D eigenvalue weighted by Gasteiger charge is 2.24. The van der Waals surface area contributed by atoms with Crippen molar-refractivity contribution in [1.29, 1.82) is 0 Å². The average molecular weight is 316 g/mol. The van der Waals surface area contributed by atoms with E-state index in [4.69, 9.17) is 9.47 Å². The number of aryl methyl sites for hydroxylation is 1. The molecule has 0 fully saturated rings. The van der Waals surface area contributed by atoms with Crippen molar-refractivity contribution in [3.05, 3.63) is 35.7 Å². The van der Waals surface area contributed by atoms with Crippen LogP contribution >= 0.6 is 0 Å². The van der Waals surface area contributed by atoms with E-state index in [0.29, 0.717) is 31.2 Å². The maximum Gasteiger partial charge on any atom is 0.260 e. The Kier molecular flexibility index (Phi) is 4.45. The molecule has 0 N–H and O–H groups in total. The number of benzene rings is 1. The fourth-order valence-corrected chi connectivity index (χ4v) is 2.64. The highest BCUT2D eigenvalue weighted by molar-refractivity contribution is 5.78. The van der Waals surface area contributed by atoms with E-state index in [-0.39, 0.29) is 12.5 Å². The first-order valence-corrected chi connectivity index (χ1v) is 7.69. The molecule has 1 amide bonds. The molecule has 0 aliphatic carbocycles. The van der Waals surface area contributed by atoms with Gasteiger partial charge in [-0.2, -0.15) is 0 Å². The van der Waals surface area contributed by atoms with Crippen molar-refractivity contribution in [2.75, 3.05) is 19.8 Å². The number of ether oxygens (including phenoxy) is 2. The Balaban J connectivity index is 1.60. The summed E-state index contributed by atoms with van der Waals surface area (Å²) in [6.07, 6.45) is 0.764. The van der Waals surface area contributed by atoms with Gasteiger partial charge in [-0.05, 0) is 19.1 Å². The van der Waals surface area contributed by atoms with E-state index in [0.717, 1.165) is 17.8 Å². The maximum atomic E-state index is 12.4. The monoisotopic (exact) mass is 316 g/mol. The van der Waals surface area contributed by atoms with Crippen LogP contribution in [0.3, 0.4) is 0 Å². The van der Waals surface area contributed by atoms with Gasteiger partial charge in [0.25, 0.3) is 5.91 Å². The van der Waals surface area contributed by atoms with Crippen LogP contribution in [-0.2, 0) is 24.8 Å². The van der Waals surface area contributed by atoms with Gasteiger partial charge in [0.2, 0.25) is 0 Å². The number of nitrogens with zero attached hydrogens (tertiary/aromatic N) is 4. The Hall–Kier alpha value is -2.57. The SMILES string of the molecule is CCOc1ccccc1OCC(=O)N1CCc2c(nnn2C)C1. The Morgan fingerprint density at radius 3 is 2.74 bits per heavy atom. The molecule has 0 bridgehead atoms. The van der Waals surface area contributed by atoms with Crippen molar-refractivity contribution >= 4 is 5.91 Å². The lowest BCUT2D eigenvalue weighted by Crippen LogP contribution is -2.39. The van der Waals surface area contributed by atoms with E-state index in [9.17, 15) is 4.79 Å². The Morgan fingerprint density at radius 2 is 2.00 bits per heavy atom. The Labute approximate surface area is 134 Å². The van der Waals surface area contributed by atoms with Gasteiger partial charge >= 0.3 is 0 Å². The van der Waals surface area contributed by atoms with Crippen molar-refractivity contribution < 1.29 is 14.3 Å². The van der Waals surface area contributed by atoms with Gasteiger partial charge < -0.3 is 14.4 Å². The zero-order chi connectivity index (χ0) is 16.2. The zero-order valence-corrected chi connectivity index (χ0v) is 13.4. The molecule has 0 saturated heterocycles. The van der Waals surface area contributed by atoms with E-state index in [1.807, 2.05) is 32.2 Å². The van der Waals surface area contributed by atoms with Crippen LogP contribution in [0.25, 0.3) is 0 Å². The van der Waals surface area contributed by atoms with Crippen molar-refractivity contribution in [1.82, 2.24) is 19.9 Å². The molecule has 1 aliphatic rings. The van der Waals surface area contributed by atoms with Crippen molar-refractivity contribution in [3.8, 4) is 11.5 Å². The van der Waals surface area contributed by atoms with Crippen LogP contribution in [0.5, 0.6) is 11.5 Å². The molecule has 0 atom stereocenters. The summed E-state index contributed by atoms with van der Waals surface area (Å²) in [5.74, 6) is 1.17. The summed E-state index contributed by atoms with van der Waals surface area (Å²) in [7, 11) is 1.87. The largest absolute Gasteiger partial charge is 0.490 e. The second-order valence-electron chi connectivity index (χ2n) is 5.34. The highest BCUT2D eigenvalue weighted by Crippen LogP contribution is 2.26. The minimum absolute atomic E-state index is 0.0142. The third-order valence-corrected chi connectivity index (χ3v) is 3.84.